The lowest BCUT2D eigenvalue weighted by Gasteiger charge is -2.11. The van der Waals surface area contributed by atoms with E-state index < -0.39 is 0 Å². The molecule has 1 heterocycles. The Kier molecular flexibility index (Phi) is 1.93. The highest BCUT2D eigenvalue weighted by atomic mass is 15.1. The summed E-state index contributed by atoms with van der Waals surface area (Å²) in [6.07, 6.45) is 4.47. The molecule has 2 bridgehead atoms. The molecular weight excluding hydrogens is 210 g/mol. The van der Waals surface area contributed by atoms with Gasteiger partial charge in [0.05, 0.1) is 0 Å². The van der Waals surface area contributed by atoms with Gasteiger partial charge in [-0.3, -0.25) is 0 Å². The zero-order valence-corrected chi connectivity index (χ0v) is 10.2. The molecule has 3 heteroatoms. The zero-order chi connectivity index (χ0) is 11.4. The number of nitrogens with zero attached hydrogens (tertiary/aromatic N) is 1. The van der Waals surface area contributed by atoms with Crippen molar-refractivity contribution in [1.29, 1.82) is 0 Å². The fourth-order valence-corrected chi connectivity index (χ4v) is 4.34. The molecule has 0 spiro atoms. The van der Waals surface area contributed by atoms with E-state index in [1.807, 2.05) is 13.1 Å². The van der Waals surface area contributed by atoms with Crippen molar-refractivity contribution >= 4 is 11.6 Å². The predicted molar refractivity (Wildman–Crippen MR) is 69.0 cm³/mol. The van der Waals surface area contributed by atoms with E-state index >= 15 is 0 Å². The number of anilines is 2. The van der Waals surface area contributed by atoms with Crippen LogP contribution in [0.15, 0.2) is 18.2 Å². The second-order valence-corrected chi connectivity index (χ2v) is 5.82. The Hall–Kier alpha value is -1.25. The SMILES string of the molecule is CNc1cccc(NC2C3C4CCC(C4)C23)n1. The van der Waals surface area contributed by atoms with Gasteiger partial charge in [0.15, 0.2) is 0 Å². The quantitative estimate of drug-likeness (QED) is 0.836. The summed E-state index contributed by atoms with van der Waals surface area (Å²) < 4.78 is 0. The summed E-state index contributed by atoms with van der Waals surface area (Å²) in [5.74, 6) is 5.96. The number of fused-ring (bicyclic) bond motifs is 5. The first-order valence-corrected chi connectivity index (χ1v) is 6.78. The fraction of sp³-hybridized carbons (Fsp3) is 0.643. The van der Waals surface area contributed by atoms with E-state index in [4.69, 9.17) is 0 Å². The molecule has 90 valence electrons. The summed E-state index contributed by atoms with van der Waals surface area (Å²) in [5, 5.41) is 6.73. The molecule has 3 saturated carbocycles. The number of nitrogens with one attached hydrogen (secondary N) is 2. The van der Waals surface area contributed by atoms with Gasteiger partial charge in [0, 0.05) is 13.1 Å². The summed E-state index contributed by atoms with van der Waals surface area (Å²) in [5.41, 5.74) is 0. The molecule has 0 radical (unpaired) electrons. The van der Waals surface area contributed by atoms with E-state index in [1.165, 1.54) is 19.3 Å². The van der Waals surface area contributed by atoms with Gasteiger partial charge >= 0.3 is 0 Å². The Morgan fingerprint density at radius 1 is 1.12 bits per heavy atom. The van der Waals surface area contributed by atoms with Crippen LogP contribution in [-0.2, 0) is 0 Å². The van der Waals surface area contributed by atoms with Crippen LogP contribution in [0.25, 0.3) is 0 Å². The monoisotopic (exact) mass is 229 g/mol. The first kappa shape index (κ1) is 9.75. The van der Waals surface area contributed by atoms with Crippen molar-refractivity contribution < 1.29 is 0 Å². The maximum Gasteiger partial charge on any atom is 0.128 e. The second kappa shape index (κ2) is 3.37. The largest absolute Gasteiger partial charge is 0.373 e. The Morgan fingerprint density at radius 2 is 1.82 bits per heavy atom. The van der Waals surface area contributed by atoms with Crippen molar-refractivity contribution in [3.8, 4) is 0 Å². The maximum absolute atomic E-state index is 4.55. The molecule has 0 aromatic carbocycles. The van der Waals surface area contributed by atoms with Gasteiger partial charge in [-0.05, 0) is 55.1 Å². The molecule has 2 N–H and O–H groups in total. The van der Waals surface area contributed by atoms with Gasteiger partial charge in [-0.15, -0.1) is 0 Å². The standard InChI is InChI=1S/C14H19N3/c1-15-10-3-2-4-11(16-10)17-14-12-8-5-6-9(7-8)13(12)14/h2-4,8-9,12-14H,5-7H2,1H3,(H2,15,16,17). The van der Waals surface area contributed by atoms with E-state index in [0.29, 0.717) is 0 Å². The van der Waals surface area contributed by atoms with E-state index in [2.05, 4.69) is 27.8 Å². The highest BCUT2D eigenvalue weighted by Crippen LogP contribution is 2.66. The maximum atomic E-state index is 4.55. The minimum absolute atomic E-state index is 0.723. The molecule has 1 aromatic rings. The van der Waals surface area contributed by atoms with Gasteiger partial charge in [-0.25, -0.2) is 4.98 Å². The molecule has 3 aliphatic carbocycles. The third kappa shape index (κ3) is 1.38. The molecule has 4 unspecified atom stereocenters. The van der Waals surface area contributed by atoms with Gasteiger partial charge in [0.2, 0.25) is 0 Å². The average molecular weight is 229 g/mol. The molecule has 0 amide bonds. The van der Waals surface area contributed by atoms with Crippen LogP contribution in [0.1, 0.15) is 19.3 Å². The van der Waals surface area contributed by atoms with Gasteiger partial charge in [0.25, 0.3) is 0 Å². The van der Waals surface area contributed by atoms with Crippen LogP contribution in [0, 0.1) is 23.7 Å². The number of rotatable bonds is 3. The third-order valence-corrected chi connectivity index (χ3v) is 5.06. The molecule has 3 fully saturated rings. The van der Waals surface area contributed by atoms with Crippen LogP contribution < -0.4 is 10.6 Å². The Morgan fingerprint density at radius 3 is 2.53 bits per heavy atom. The number of hydrogen-bond donors (Lipinski definition) is 2. The van der Waals surface area contributed by atoms with Crippen LogP contribution in [0.3, 0.4) is 0 Å². The van der Waals surface area contributed by atoms with Crippen molar-refractivity contribution in [3.05, 3.63) is 18.2 Å². The summed E-state index contributed by atoms with van der Waals surface area (Å²) in [6, 6.07) is 6.87. The minimum atomic E-state index is 0.723. The molecular formula is C14H19N3. The van der Waals surface area contributed by atoms with Crippen LogP contribution >= 0.6 is 0 Å². The van der Waals surface area contributed by atoms with Gasteiger partial charge in [0.1, 0.15) is 11.6 Å². The molecule has 17 heavy (non-hydrogen) atoms. The number of pyridine rings is 1. The predicted octanol–water partition coefficient (Wildman–Crippen LogP) is 2.58. The van der Waals surface area contributed by atoms with Crippen molar-refractivity contribution in [2.24, 2.45) is 23.7 Å². The summed E-state index contributed by atoms with van der Waals surface area (Å²) in [6.45, 7) is 0. The smallest absolute Gasteiger partial charge is 0.128 e. The Labute approximate surface area is 102 Å². The van der Waals surface area contributed by atoms with Gasteiger partial charge in [-0.2, -0.15) is 0 Å². The van der Waals surface area contributed by atoms with Crippen LogP contribution in [0.4, 0.5) is 11.6 Å². The van der Waals surface area contributed by atoms with Crippen molar-refractivity contribution in [2.75, 3.05) is 17.7 Å². The van der Waals surface area contributed by atoms with E-state index in [9.17, 15) is 0 Å². The topological polar surface area (TPSA) is 37.0 Å². The van der Waals surface area contributed by atoms with E-state index in [-0.39, 0.29) is 0 Å². The lowest BCUT2D eigenvalue weighted by molar-refractivity contribution is 0.456. The first-order valence-electron chi connectivity index (χ1n) is 6.78. The van der Waals surface area contributed by atoms with Crippen LogP contribution in [0.2, 0.25) is 0 Å². The molecule has 0 aliphatic heterocycles. The van der Waals surface area contributed by atoms with Crippen LogP contribution in [-0.4, -0.2) is 18.1 Å². The molecule has 4 rings (SSSR count). The number of hydrogen-bond acceptors (Lipinski definition) is 3. The molecule has 3 nitrogen and oxygen atoms in total. The summed E-state index contributed by atoms with van der Waals surface area (Å²) in [7, 11) is 1.91. The highest BCUT2D eigenvalue weighted by Gasteiger charge is 2.65. The molecule has 3 aliphatic rings. The van der Waals surface area contributed by atoms with Crippen molar-refractivity contribution in [2.45, 2.75) is 25.3 Å². The first-order chi connectivity index (χ1) is 8.36. The normalized spacial score (nSPS) is 41.1. The van der Waals surface area contributed by atoms with Crippen molar-refractivity contribution in [3.63, 3.8) is 0 Å². The Bertz CT molecular complexity index is 429. The third-order valence-electron chi connectivity index (χ3n) is 5.06. The number of aromatic nitrogens is 1. The van der Waals surface area contributed by atoms with Crippen LogP contribution in [0.5, 0.6) is 0 Å². The Balaban J connectivity index is 1.49. The summed E-state index contributed by atoms with van der Waals surface area (Å²) >= 11 is 0. The summed E-state index contributed by atoms with van der Waals surface area (Å²) in [4.78, 5) is 4.55. The van der Waals surface area contributed by atoms with E-state index in [0.717, 1.165) is 41.3 Å². The molecule has 0 saturated heterocycles. The highest BCUT2D eigenvalue weighted by molar-refractivity contribution is 5.47. The average Bonchev–Trinajstić information content (AvgIpc) is 2.76. The lowest BCUT2D eigenvalue weighted by atomic mass is 10.0. The van der Waals surface area contributed by atoms with Crippen molar-refractivity contribution in [1.82, 2.24) is 4.98 Å². The minimum Gasteiger partial charge on any atom is -0.373 e. The zero-order valence-electron chi connectivity index (χ0n) is 10.2. The lowest BCUT2D eigenvalue weighted by Crippen LogP contribution is -2.13. The fourth-order valence-electron chi connectivity index (χ4n) is 4.34. The van der Waals surface area contributed by atoms with Gasteiger partial charge < -0.3 is 10.6 Å². The van der Waals surface area contributed by atoms with E-state index in [1.54, 1.807) is 0 Å². The molecule has 1 aromatic heterocycles. The molecule has 4 atom stereocenters. The van der Waals surface area contributed by atoms with Gasteiger partial charge in [-0.1, -0.05) is 6.07 Å². The second-order valence-electron chi connectivity index (χ2n) is 5.82.